The van der Waals surface area contributed by atoms with Gasteiger partial charge in [0.05, 0.1) is 25.0 Å². The topological polar surface area (TPSA) is 118 Å². The molecule has 0 unspecified atom stereocenters. The molecule has 1 aliphatic heterocycles. The number of aromatic nitrogens is 3. The van der Waals surface area contributed by atoms with E-state index in [1.807, 2.05) is 24.8 Å². The van der Waals surface area contributed by atoms with Crippen LogP contribution in [0.5, 0.6) is 6.01 Å². The average molecular weight is 390 g/mol. The van der Waals surface area contributed by atoms with Crippen LogP contribution in [0.25, 0.3) is 0 Å². The third-order valence-electron chi connectivity index (χ3n) is 3.99. The van der Waals surface area contributed by atoms with Crippen molar-refractivity contribution in [2.45, 2.75) is 33.3 Å². The number of hydrazone groups is 1. The lowest BCUT2D eigenvalue weighted by Crippen LogP contribution is -2.37. The van der Waals surface area contributed by atoms with E-state index in [9.17, 15) is 5.11 Å². The van der Waals surface area contributed by atoms with Crippen LogP contribution in [0.1, 0.15) is 31.0 Å². The van der Waals surface area contributed by atoms with Gasteiger partial charge in [0.15, 0.2) is 5.82 Å². The Morgan fingerprint density at radius 1 is 1.29 bits per heavy atom. The van der Waals surface area contributed by atoms with E-state index in [-0.39, 0.29) is 12.6 Å². The van der Waals surface area contributed by atoms with Crippen molar-refractivity contribution in [2.75, 3.05) is 43.2 Å². The first-order chi connectivity index (χ1) is 13.3. The zero-order chi connectivity index (χ0) is 20.1. The molecule has 1 aliphatic rings. The van der Waals surface area contributed by atoms with Crippen molar-refractivity contribution in [1.29, 1.82) is 0 Å². The highest BCUT2D eigenvalue weighted by atomic mass is 16.5. The highest BCUT2D eigenvalue weighted by Crippen LogP contribution is 2.18. The molecule has 1 saturated heterocycles. The molecule has 0 spiro atoms. The molecule has 28 heavy (non-hydrogen) atoms. The highest BCUT2D eigenvalue weighted by molar-refractivity contribution is 5.75. The summed E-state index contributed by atoms with van der Waals surface area (Å²) in [5.41, 5.74) is 2.85. The lowest BCUT2D eigenvalue weighted by molar-refractivity contribution is 0.0249. The summed E-state index contributed by atoms with van der Waals surface area (Å²) in [6, 6.07) is 1.99. The van der Waals surface area contributed by atoms with Crippen molar-refractivity contribution in [1.82, 2.24) is 15.0 Å². The van der Waals surface area contributed by atoms with E-state index in [0.717, 1.165) is 11.3 Å². The second kappa shape index (κ2) is 8.53. The molecule has 152 valence electrons. The highest BCUT2D eigenvalue weighted by Gasteiger charge is 2.19. The largest absolute Gasteiger partial charge is 0.460 e. The van der Waals surface area contributed by atoms with E-state index in [1.54, 1.807) is 13.8 Å². The average Bonchev–Trinajstić information content (AvgIpc) is 2.98. The lowest BCUT2D eigenvalue weighted by Gasteiger charge is -2.27. The van der Waals surface area contributed by atoms with Crippen LogP contribution < -0.4 is 15.1 Å². The Morgan fingerprint density at radius 2 is 2.04 bits per heavy atom. The number of morpholine rings is 1. The Labute approximate surface area is 163 Å². The molecular formula is C18H26N6O4. The van der Waals surface area contributed by atoms with Gasteiger partial charge in [-0.25, -0.2) is 5.43 Å². The van der Waals surface area contributed by atoms with Crippen LogP contribution in [-0.2, 0) is 4.74 Å². The number of aliphatic hydroxyl groups is 1. The molecule has 0 amide bonds. The zero-order valence-corrected chi connectivity index (χ0v) is 16.6. The molecule has 1 fully saturated rings. The van der Waals surface area contributed by atoms with Crippen LogP contribution in [0, 0.1) is 13.8 Å². The number of hydrogen-bond donors (Lipinski definition) is 2. The molecule has 10 heteroatoms. The number of nitrogens with one attached hydrogen (secondary N) is 1. The monoisotopic (exact) mass is 390 g/mol. The SMILES string of the molecule is Cc1cc(NN=Cc2nc(OCC(C)(C)O)nc(N3CCOCC3)n2)oc1C. The first-order valence-corrected chi connectivity index (χ1v) is 9.10. The molecular weight excluding hydrogens is 364 g/mol. The van der Waals surface area contributed by atoms with Crippen molar-refractivity contribution < 1.29 is 19.0 Å². The van der Waals surface area contributed by atoms with E-state index >= 15 is 0 Å². The van der Waals surface area contributed by atoms with Crippen LogP contribution >= 0.6 is 0 Å². The molecule has 2 aromatic rings. The second-order valence-electron chi connectivity index (χ2n) is 7.20. The van der Waals surface area contributed by atoms with Crippen molar-refractivity contribution in [3.8, 4) is 6.01 Å². The fraction of sp³-hybridized carbons (Fsp3) is 0.556. The molecule has 10 nitrogen and oxygen atoms in total. The molecule has 2 N–H and O–H groups in total. The van der Waals surface area contributed by atoms with E-state index < -0.39 is 5.60 Å². The summed E-state index contributed by atoms with van der Waals surface area (Å²) in [6.07, 6.45) is 1.47. The summed E-state index contributed by atoms with van der Waals surface area (Å²) in [7, 11) is 0. The summed E-state index contributed by atoms with van der Waals surface area (Å²) >= 11 is 0. The standard InChI is InChI=1S/C18H26N6O4/c1-12-9-15(28-13(12)2)23-19-10-14-20-16(24-5-7-26-8-6-24)22-17(21-14)27-11-18(3,4)25/h9-10,23,25H,5-8,11H2,1-4H3. The number of ether oxygens (including phenoxy) is 2. The van der Waals surface area contributed by atoms with Crippen LogP contribution in [0.15, 0.2) is 15.6 Å². The Balaban J connectivity index is 1.78. The molecule has 3 heterocycles. The Bertz CT molecular complexity index is 804. The lowest BCUT2D eigenvalue weighted by atomic mass is 10.2. The fourth-order valence-corrected chi connectivity index (χ4v) is 2.41. The molecule has 0 atom stereocenters. The number of rotatable bonds is 7. The van der Waals surface area contributed by atoms with E-state index in [1.165, 1.54) is 6.21 Å². The Morgan fingerprint density at radius 3 is 2.68 bits per heavy atom. The smallest absolute Gasteiger partial charge is 0.321 e. The predicted octanol–water partition coefficient (Wildman–Crippen LogP) is 1.51. The molecule has 0 bridgehead atoms. The number of furan rings is 1. The van der Waals surface area contributed by atoms with Gasteiger partial charge in [-0.2, -0.15) is 20.1 Å². The molecule has 0 radical (unpaired) electrons. The summed E-state index contributed by atoms with van der Waals surface area (Å²) < 4.78 is 16.4. The minimum Gasteiger partial charge on any atom is -0.460 e. The maximum absolute atomic E-state index is 9.89. The summed E-state index contributed by atoms with van der Waals surface area (Å²) in [5.74, 6) is 2.17. The Hall–Kier alpha value is -2.72. The first-order valence-electron chi connectivity index (χ1n) is 9.10. The van der Waals surface area contributed by atoms with Gasteiger partial charge in [0, 0.05) is 19.2 Å². The van der Waals surface area contributed by atoms with Gasteiger partial charge in [0.25, 0.3) is 0 Å². The minimum atomic E-state index is -1.00. The normalized spacial score (nSPS) is 15.2. The maximum atomic E-state index is 9.89. The number of anilines is 2. The quantitative estimate of drug-likeness (QED) is 0.536. The van der Waals surface area contributed by atoms with Crippen LogP contribution in [0.3, 0.4) is 0 Å². The molecule has 0 aromatic carbocycles. The summed E-state index contributed by atoms with van der Waals surface area (Å²) in [6.45, 7) is 9.76. The molecule has 3 rings (SSSR count). The van der Waals surface area contributed by atoms with Crippen molar-refractivity contribution >= 4 is 18.0 Å². The number of nitrogens with zero attached hydrogens (tertiary/aromatic N) is 5. The second-order valence-corrected chi connectivity index (χ2v) is 7.20. The third kappa shape index (κ3) is 5.64. The van der Waals surface area contributed by atoms with Crippen LogP contribution in [0.4, 0.5) is 11.8 Å². The van der Waals surface area contributed by atoms with Crippen molar-refractivity contribution in [3.05, 3.63) is 23.2 Å². The van der Waals surface area contributed by atoms with Gasteiger partial charge in [-0.15, -0.1) is 0 Å². The van der Waals surface area contributed by atoms with E-state index in [4.69, 9.17) is 13.9 Å². The molecule has 2 aromatic heterocycles. The summed E-state index contributed by atoms with van der Waals surface area (Å²) in [5, 5.41) is 14.0. The zero-order valence-electron chi connectivity index (χ0n) is 16.6. The van der Waals surface area contributed by atoms with Gasteiger partial charge in [0.1, 0.15) is 12.4 Å². The number of aryl methyl sites for hydroxylation is 2. The first kappa shape index (κ1) is 20.0. The fourth-order valence-electron chi connectivity index (χ4n) is 2.41. The van der Waals surface area contributed by atoms with E-state index in [0.29, 0.717) is 44.0 Å². The van der Waals surface area contributed by atoms with Gasteiger partial charge in [-0.1, -0.05) is 0 Å². The summed E-state index contributed by atoms with van der Waals surface area (Å²) in [4.78, 5) is 15.0. The van der Waals surface area contributed by atoms with Gasteiger partial charge in [0.2, 0.25) is 11.8 Å². The number of hydrogen-bond acceptors (Lipinski definition) is 10. The van der Waals surface area contributed by atoms with Crippen molar-refractivity contribution in [2.24, 2.45) is 5.10 Å². The Kier molecular flexibility index (Phi) is 6.10. The van der Waals surface area contributed by atoms with Gasteiger partial charge >= 0.3 is 6.01 Å². The van der Waals surface area contributed by atoms with Gasteiger partial charge < -0.3 is 23.9 Å². The molecule has 0 aliphatic carbocycles. The van der Waals surface area contributed by atoms with Gasteiger partial charge in [-0.3, -0.25) is 0 Å². The maximum Gasteiger partial charge on any atom is 0.321 e. The van der Waals surface area contributed by atoms with Crippen LogP contribution in [0.2, 0.25) is 0 Å². The minimum absolute atomic E-state index is 0.0549. The van der Waals surface area contributed by atoms with Crippen LogP contribution in [-0.4, -0.2) is 64.8 Å². The van der Waals surface area contributed by atoms with Gasteiger partial charge in [-0.05, 0) is 33.3 Å². The van der Waals surface area contributed by atoms with Crippen molar-refractivity contribution in [3.63, 3.8) is 0 Å². The molecule has 0 saturated carbocycles. The predicted molar refractivity (Wildman–Crippen MR) is 104 cm³/mol. The third-order valence-corrected chi connectivity index (χ3v) is 3.99. The van der Waals surface area contributed by atoms with E-state index in [2.05, 4.69) is 25.5 Å².